The zero-order chi connectivity index (χ0) is 27.9. The number of halogens is 5. The summed E-state index contributed by atoms with van der Waals surface area (Å²) in [6.45, 7) is 4.56. The summed E-state index contributed by atoms with van der Waals surface area (Å²) >= 11 is 6.61. The van der Waals surface area contributed by atoms with Crippen LogP contribution in [0, 0.1) is 5.82 Å². The quantitative estimate of drug-likeness (QED) is 0.226. The van der Waals surface area contributed by atoms with E-state index in [1.165, 1.54) is 0 Å². The van der Waals surface area contributed by atoms with E-state index in [4.69, 9.17) is 16.7 Å². The van der Waals surface area contributed by atoms with Crippen molar-refractivity contribution in [2.45, 2.75) is 45.3 Å². The molecule has 10 heteroatoms. The summed E-state index contributed by atoms with van der Waals surface area (Å²) in [5, 5.41) is 6.59. The van der Waals surface area contributed by atoms with Crippen molar-refractivity contribution in [3.63, 3.8) is 0 Å². The summed E-state index contributed by atoms with van der Waals surface area (Å²) in [7, 11) is 0. The predicted octanol–water partition coefficient (Wildman–Crippen LogP) is 7.82. The molecule has 5 aromatic rings. The zero-order valence-electron chi connectivity index (χ0n) is 21.7. The molecular formula is C30H24ClF4N5. The van der Waals surface area contributed by atoms with Crippen LogP contribution in [0.1, 0.15) is 53.4 Å². The van der Waals surface area contributed by atoms with Crippen molar-refractivity contribution >= 4 is 28.3 Å². The van der Waals surface area contributed by atoms with Crippen LogP contribution >= 0.6 is 11.6 Å². The van der Waals surface area contributed by atoms with Crippen molar-refractivity contribution in [1.82, 2.24) is 19.7 Å². The highest BCUT2D eigenvalue weighted by molar-refractivity contribution is 6.36. The highest BCUT2D eigenvalue weighted by atomic mass is 35.5. The van der Waals surface area contributed by atoms with Crippen LogP contribution in [0.4, 0.5) is 23.4 Å². The maximum atomic E-state index is 15.4. The summed E-state index contributed by atoms with van der Waals surface area (Å²) in [6.07, 6.45) is -0.0211. The molecule has 0 saturated heterocycles. The number of pyridine rings is 1. The van der Waals surface area contributed by atoms with Gasteiger partial charge in [-0.1, -0.05) is 49.7 Å². The van der Waals surface area contributed by atoms with Crippen LogP contribution in [-0.4, -0.2) is 26.3 Å². The van der Waals surface area contributed by atoms with E-state index in [1.54, 1.807) is 4.90 Å². The molecule has 0 amide bonds. The van der Waals surface area contributed by atoms with E-state index >= 15 is 4.39 Å². The maximum Gasteiger partial charge on any atom is 0.417 e. The number of para-hydroxylation sites is 1. The third kappa shape index (κ3) is 3.46. The Kier molecular flexibility index (Phi) is 5.55. The summed E-state index contributed by atoms with van der Waals surface area (Å²) in [4.78, 5) is 9.05. The topological polar surface area (TPSA) is 49.7 Å². The number of H-pyrrole nitrogens is 1. The average molecular weight is 566 g/mol. The number of hydrogen-bond acceptors (Lipinski definition) is 3. The van der Waals surface area contributed by atoms with Gasteiger partial charge in [0.25, 0.3) is 0 Å². The lowest BCUT2D eigenvalue weighted by Gasteiger charge is -2.39. The minimum absolute atomic E-state index is 0.120. The molecule has 2 aromatic carbocycles. The highest BCUT2D eigenvalue weighted by Gasteiger charge is 2.43. The Bertz CT molecular complexity index is 1800. The number of aryl methyl sites for hydroxylation is 2. The van der Waals surface area contributed by atoms with Crippen LogP contribution in [0.2, 0.25) is 5.02 Å². The summed E-state index contributed by atoms with van der Waals surface area (Å²) in [5.41, 5.74) is 7.48. The van der Waals surface area contributed by atoms with Crippen LogP contribution in [0.3, 0.4) is 0 Å². The molecular weight excluding hydrogens is 542 g/mol. The number of anilines is 1. The second kappa shape index (κ2) is 8.83. The molecule has 1 atom stereocenters. The minimum Gasteiger partial charge on any atom is -0.360 e. The summed E-state index contributed by atoms with van der Waals surface area (Å²) in [6, 6.07) is 10.1. The highest BCUT2D eigenvalue weighted by Crippen LogP contribution is 2.52. The Hall–Kier alpha value is -3.85. The van der Waals surface area contributed by atoms with Crippen molar-refractivity contribution < 1.29 is 17.6 Å². The van der Waals surface area contributed by atoms with E-state index in [9.17, 15) is 13.2 Å². The molecule has 4 heterocycles. The molecule has 0 bridgehead atoms. The second-order valence-corrected chi connectivity index (χ2v) is 10.6. The van der Waals surface area contributed by atoms with E-state index in [2.05, 4.69) is 42.0 Å². The molecule has 204 valence electrons. The second-order valence-electron chi connectivity index (χ2n) is 10.2. The molecule has 1 unspecified atom stereocenters. The molecule has 0 saturated carbocycles. The van der Waals surface area contributed by atoms with Gasteiger partial charge >= 0.3 is 6.18 Å². The summed E-state index contributed by atoms with van der Waals surface area (Å²) < 4.78 is 57.3. The number of aromatic nitrogens is 4. The van der Waals surface area contributed by atoms with Crippen LogP contribution in [0.15, 0.2) is 48.8 Å². The molecule has 1 N–H and O–H groups in total. The molecule has 1 aliphatic carbocycles. The van der Waals surface area contributed by atoms with Gasteiger partial charge in [0.2, 0.25) is 0 Å². The smallest absolute Gasteiger partial charge is 0.360 e. The molecule has 0 fully saturated rings. The molecule has 0 spiro atoms. The predicted molar refractivity (Wildman–Crippen MR) is 147 cm³/mol. The Balaban J connectivity index is 1.52. The van der Waals surface area contributed by atoms with E-state index < -0.39 is 23.6 Å². The lowest BCUT2D eigenvalue weighted by atomic mass is 9.82. The van der Waals surface area contributed by atoms with Gasteiger partial charge in [-0.3, -0.25) is 0 Å². The third-order valence-electron chi connectivity index (χ3n) is 8.14. The van der Waals surface area contributed by atoms with Crippen molar-refractivity contribution in [3.05, 3.63) is 93.1 Å². The first-order valence-corrected chi connectivity index (χ1v) is 13.6. The first-order valence-electron chi connectivity index (χ1n) is 13.2. The standard InChI is InChI=1S/C30H24ClF4N5/c1-3-15-6-5-7-16(4-2)26(15)40-28-18-8-9-20(31)25-23(18)19(14-36-25)27-24(28)22(38-40)10-11-39(27)29-21(32)12-17(13-37-29)30(33,34)35/h5-9,12-14,27,36H,3-4,10-11H2,1-2H3. The van der Waals surface area contributed by atoms with Gasteiger partial charge in [0.1, 0.15) is 0 Å². The molecule has 1 aliphatic heterocycles. The number of fused-ring (bicyclic) bond motifs is 2. The number of hydrogen-bond donors (Lipinski definition) is 1. The lowest BCUT2D eigenvalue weighted by molar-refractivity contribution is -0.138. The molecule has 40 heavy (non-hydrogen) atoms. The molecule has 2 aliphatic rings. The number of rotatable bonds is 4. The largest absolute Gasteiger partial charge is 0.417 e. The fourth-order valence-electron chi connectivity index (χ4n) is 6.37. The average Bonchev–Trinajstić information content (AvgIpc) is 3.55. The van der Waals surface area contributed by atoms with E-state index in [0.29, 0.717) is 30.3 Å². The number of nitrogens with zero attached hydrogens (tertiary/aromatic N) is 4. The van der Waals surface area contributed by atoms with Crippen LogP contribution in [0.25, 0.3) is 27.8 Å². The first-order chi connectivity index (χ1) is 19.2. The molecule has 7 rings (SSSR count). The number of alkyl halides is 3. The maximum absolute atomic E-state index is 15.4. The van der Waals surface area contributed by atoms with Crippen LogP contribution in [0.5, 0.6) is 0 Å². The fourth-order valence-corrected chi connectivity index (χ4v) is 6.58. The lowest BCUT2D eigenvalue weighted by Crippen LogP contribution is -2.38. The van der Waals surface area contributed by atoms with Gasteiger partial charge in [-0.2, -0.15) is 18.3 Å². The van der Waals surface area contributed by atoms with E-state index in [-0.39, 0.29) is 5.82 Å². The van der Waals surface area contributed by atoms with E-state index in [1.807, 2.05) is 23.0 Å². The molecule has 0 radical (unpaired) electrons. The third-order valence-corrected chi connectivity index (χ3v) is 8.45. The Morgan fingerprint density at radius 1 is 1.10 bits per heavy atom. The fraction of sp³-hybridized carbons (Fsp3) is 0.267. The van der Waals surface area contributed by atoms with Gasteiger partial charge in [-0.05, 0) is 36.1 Å². The van der Waals surface area contributed by atoms with Crippen molar-refractivity contribution in [2.75, 3.05) is 11.4 Å². The Labute approximate surface area is 232 Å². The first kappa shape index (κ1) is 25.1. The number of aromatic amines is 1. The van der Waals surface area contributed by atoms with Crippen LogP contribution < -0.4 is 4.90 Å². The summed E-state index contributed by atoms with van der Waals surface area (Å²) in [5.74, 6) is -1.13. The Morgan fingerprint density at radius 3 is 2.52 bits per heavy atom. The normalized spacial score (nSPS) is 16.1. The molecule has 3 aromatic heterocycles. The Morgan fingerprint density at radius 2 is 1.85 bits per heavy atom. The van der Waals surface area contributed by atoms with Gasteiger partial charge in [0.15, 0.2) is 11.6 Å². The van der Waals surface area contributed by atoms with E-state index in [0.717, 1.165) is 68.6 Å². The monoisotopic (exact) mass is 565 g/mol. The van der Waals surface area contributed by atoms with Gasteiger partial charge < -0.3 is 9.88 Å². The van der Waals surface area contributed by atoms with Crippen molar-refractivity contribution in [2.24, 2.45) is 0 Å². The van der Waals surface area contributed by atoms with Crippen LogP contribution in [-0.2, 0) is 25.4 Å². The number of benzene rings is 2. The SMILES string of the molecule is CCc1cccc(CC)c1-n1nc2c3c1-c1ccc(Cl)c4[nH]cc(c14)C3N(c1ncc(C(F)(F)F)cc1F)CC2. The van der Waals surface area contributed by atoms with Gasteiger partial charge in [0.05, 0.1) is 39.2 Å². The minimum atomic E-state index is -4.69. The zero-order valence-corrected chi connectivity index (χ0v) is 22.5. The molecule has 5 nitrogen and oxygen atoms in total. The van der Waals surface area contributed by atoms with Crippen molar-refractivity contribution in [1.29, 1.82) is 0 Å². The van der Waals surface area contributed by atoms with Gasteiger partial charge in [-0.25, -0.2) is 14.1 Å². The van der Waals surface area contributed by atoms with Crippen molar-refractivity contribution in [3.8, 4) is 16.9 Å². The van der Waals surface area contributed by atoms with Gasteiger partial charge in [0, 0.05) is 47.4 Å². The van der Waals surface area contributed by atoms with Gasteiger partial charge in [-0.15, -0.1) is 0 Å². The number of nitrogens with one attached hydrogen (secondary N) is 1.